The molecule has 2 aromatic rings. The van der Waals surface area contributed by atoms with Crippen molar-refractivity contribution in [2.75, 3.05) is 31.0 Å². The molecule has 6 nitrogen and oxygen atoms in total. The van der Waals surface area contributed by atoms with E-state index in [0.29, 0.717) is 48.9 Å². The van der Waals surface area contributed by atoms with Crippen molar-refractivity contribution in [3.05, 3.63) is 47.5 Å². The number of rotatable bonds is 5. The van der Waals surface area contributed by atoms with Crippen LogP contribution in [-0.2, 0) is 22.4 Å². The molecule has 3 aliphatic rings. The summed E-state index contributed by atoms with van der Waals surface area (Å²) in [5.74, 6) is 1.87. The van der Waals surface area contributed by atoms with Gasteiger partial charge in [-0.05, 0) is 67.5 Å². The molecule has 7 heteroatoms. The third-order valence-electron chi connectivity index (χ3n) is 6.29. The van der Waals surface area contributed by atoms with Gasteiger partial charge in [-0.15, -0.1) is 11.8 Å². The number of likely N-dealkylation sites (tertiary alicyclic amines) is 1. The first-order valence-corrected chi connectivity index (χ1v) is 11.9. The molecule has 2 aromatic carbocycles. The molecule has 0 aromatic heterocycles. The highest BCUT2D eigenvalue weighted by atomic mass is 32.2. The zero-order chi connectivity index (χ0) is 21.2. The number of nitrogens with zero attached hydrogens (tertiary/aromatic N) is 1. The Kier molecular flexibility index (Phi) is 5.76. The van der Waals surface area contributed by atoms with E-state index < -0.39 is 0 Å². The Balaban J connectivity index is 1.09. The van der Waals surface area contributed by atoms with Crippen molar-refractivity contribution in [3.63, 3.8) is 0 Å². The molecule has 0 atom stereocenters. The summed E-state index contributed by atoms with van der Waals surface area (Å²) in [6.07, 6.45) is 4.94. The molecule has 1 fully saturated rings. The van der Waals surface area contributed by atoms with Crippen LogP contribution in [0.5, 0.6) is 11.5 Å². The summed E-state index contributed by atoms with van der Waals surface area (Å²) in [7, 11) is 0. The lowest BCUT2D eigenvalue weighted by molar-refractivity contribution is -0.132. The molecule has 162 valence electrons. The topological polar surface area (TPSA) is 67.9 Å². The predicted octanol–water partition coefficient (Wildman–Crippen LogP) is 3.87. The number of nitrogens with one attached hydrogen (secondary N) is 1. The first kappa shape index (κ1) is 20.2. The Morgan fingerprint density at radius 3 is 2.68 bits per heavy atom. The van der Waals surface area contributed by atoms with E-state index in [1.54, 1.807) is 23.9 Å². The molecule has 1 N–H and O–H groups in total. The van der Waals surface area contributed by atoms with Crippen molar-refractivity contribution >= 4 is 29.3 Å². The largest absolute Gasteiger partial charge is 0.454 e. The number of piperidine rings is 1. The molecule has 0 unspecified atom stereocenters. The highest BCUT2D eigenvalue weighted by Gasteiger charge is 2.27. The van der Waals surface area contributed by atoms with Crippen LogP contribution in [0, 0.1) is 5.92 Å². The zero-order valence-corrected chi connectivity index (χ0v) is 18.2. The Hall–Kier alpha value is -2.67. The van der Waals surface area contributed by atoms with E-state index in [0.717, 1.165) is 6.42 Å². The summed E-state index contributed by atoms with van der Waals surface area (Å²) < 4.78 is 10.7. The van der Waals surface area contributed by atoms with Gasteiger partial charge in [-0.1, -0.05) is 6.07 Å². The van der Waals surface area contributed by atoms with Crippen LogP contribution in [-0.4, -0.2) is 42.3 Å². The van der Waals surface area contributed by atoms with Gasteiger partial charge >= 0.3 is 0 Å². The number of fused-ring (bicyclic) bond motifs is 2. The molecule has 0 spiro atoms. The van der Waals surface area contributed by atoms with Crippen LogP contribution in [0.1, 0.15) is 30.4 Å². The van der Waals surface area contributed by atoms with Gasteiger partial charge in [0.05, 0.1) is 5.75 Å². The van der Waals surface area contributed by atoms with Gasteiger partial charge in [-0.3, -0.25) is 9.59 Å². The van der Waals surface area contributed by atoms with E-state index in [2.05, 4.69) is 23.5 Å². The fourth-order valence-corrected chi connectivity index (χ4v) is 5.35. The van der Waals surface area contributed by atoms with E-state index in [1.165, 1.54) is 28.9 Å². The number of thioether (sulfide) groups is 1. The Labute approximate surface area is 186 Å². The van der Waals surface area contributed by atoms with Gasteiger partial charge in [0.2, 0.25) is 18.6 Å². The molecule has 2 amide bonds. The fourth-order valence-electron chi connectivity index (χ4n) is 4.48. The molecule has 0 radical (unpaired) electrons. The van der Waals surface area contributed by atoms with Crippen LogP contribution in [0.3, 0.4) is 0 Å². The quantitative estimate of drug-likeness (QED) is 0.718. The molecule has 1 aliphatic carbocycles. The number of anilines is 1. The lowest BCUT2D eigenvalue weighted by atomic mass is 9.96. The van der Waals surface area contributed by atoms with Crippen molar-refractivity contribution in [3.8, 4) is 11.5 Å². The van der Waals surface area contributed by atoms with Crippen molar-refractivity contribution in [2.45, 2.75) is 37.0 Å². The highest BCUT2D eigenvalue weighted by Crippen LogP contribution is 2.34. The summed E-state index contributed by atoms with van der Waals surface area (Å²) in [4.78, 5) is 28.4. The number of hydrogen-bond acceptors (Lipinski definition) is 5. The van der Waals surface area contributed by atoms with E-state index in [9.17, 15) is 9.59 Å². The van der Waals surface area contributed by atoms with E-state index >= 15 is 0 Å². The van der Waals surface area contributed by atoms with Crippen LogP contribution in [0.15, 0.2) is 41.3 Å². The zero-order valence-electron chi connectivity index (χ0n) is 17.4. The van der Waals surface area contributed by atoms with Crippen LogP contribution in [0.4, 0.5) is 5.69 Å². The van der Waals surface area contributed by atoms with Crippen LogP contribution in [0.25, 0.3) is 0 Å². The SMILES string of the molecule is O=C(Nc1ccc2c(c1)OCO2)C1CCN(C(=O)CSc2ccc3c(c2)CCC3)CC1. The molecule has 2 heterocycles. The van der Waals surface area contributed by atoms with Crippen LogP contribution >= 0.6 is 11.8 Å². The minimum Gasteiger partial charge on any atom is -0.454 e. The Bertz CT molecular complexity index is 1000. The van der Waals surface area contributed by atoms with Gasteiger partial charge < -0.3 is 19.7 Å². The lowest BCUT2D eigenvalue weighted by Crippen LogP contribution is -2.42. The molecule has 0 bridgehead atoms. The second-order valence-electron chi connectivity index (χ2n) is 8.29. The number of ether oxygens (including phenoxy) is 2. The number of hydrogen-bond donors (Lipinski definition) is 1. The van der Waals surface area contributed by atoms with Crippen molar-refractivity contribution in [2.24, 2.45) is 5.92 Å². The highest BCUT2D eigenvalue weighted by molar-refractivity contribution is 8.00. The molecule has 1 saturated heterocycles. The van der Waals surface area contributed by atoms with Crippen molar-refractivity contribution < 1.29 is 19.1 Å². The van der Waals surface area contributed by atoms with E-state index in [4.69, 9.17) is 9.47 Å². The summed E-state index contributed by atoms with van der Waals surface area (Å²) in [5.41, 5.74) is 3.60. The van der Waals surface area contributed by atoms with Crippen molar-refractivity contribution in [1.82, 2.24) is 4.90 Å². The molecular weight excluding hydrogens is 412 g/mol. The monoisotopic (exact) mass is 438 g/mol. The van der Waals surface area contributed by atoms with Gasteiger partial charge in [0.15, 0.2) is 11.5 Å². The third-order valence-corrected chi connectivity index (χ3v) is 7.27. The maximum Gasteiger partial charge on any atom is 0.232 e. The summed E-state index contributed by atoms with van der Waals surface area (Å²) in [5, 5.41) is 2.97. The molecule has 31 heavy (non-hydrogen) atoms. The maximum atomic E-state index is 12.7. The van der Waals surface area contributed by atoms with Crippen LogP contribution < -0.4 is 14.8 Å². The van der Waals surface area contributed by atoms with E-state index in [-0.39, 0.29) is 24.5 Å². The number of amides is 2. The third kappa shape index (κ3) is 4.51. The minimum atomic E-state index is -0.0844. The lowest BCUT2D eigenvalue weighted by Gasteiger charge is -2.31. The van der Waals surface area contributed by atoms with Gasteiger partial charge in [0.25, 0.3) is 0 Å². The van der Waals surface area contributed by atoms with Gasteiger partial charge in [0, 0.05) is 35.7 Å². The Morgan fingerprint density at radius 1 is 1.00 bits per heavy atom. The molecule has 0 saturated carbocycles. The first-order valence-electron chi connectivity index (χ1n) is 10.9. The molecular formula is C24H26N2O4S. The van der Waals surface area contributed by atoms with Gasteiger partial charge in [-0.25, -0.2) is 0 Å². The second kappa shape index (κ2) is 8.83. The number of carbonyl (C=O) groups excluding carboxylic acids is 2. The first-order chi connectivity index (χ1) is 15.2. The summed E-state index contributed by atoms with van der Waals surface area (Å²) in [6, 6.07) is 12.0. The van der Waals surface area contributed by atoms with Gasteiger partial charge in [-0.2, -0.15) is 0 Å². The summed E-state index contributed by atoms with van der Waals surface area (Å²) >= 11 is 1.61. The number of benzene rings is 2. The van der Waals surface area contributed by atoms with Crippen LogP contribution in [0.2, 0.25) is 0 Å². The fraction of sp³-hybridized carbons (Fsp3) is 0.417. The molecule has 5 rings (SSSR count). The average Bonchev–Trinajstić information content (AvgIpc) is 3.46. The normalized spacial score (nSPS) is 17.5. The number of carbonyl (C=O) groups is 2. The van der Waals surface area contributed by atoms with E-state index in [1.807, 2.05) is 11.0 Å². The smallest absolute Gasteiger partial charge is 0.232 e. The van der Waals surface area contributed by atoms with Gasteiger partial charge in [0.1, 0.15) is 0 Å². The predicted molar refractivity (Wildman–Crippen MR) is 120 cm³/mol. The number of aryl methyl sites for hydroxylation is 2. The Morgan fingerprint density at radius 2 is 1.81 bits per heavy atom. The maximum absolute atomic E-state index is 12.7. The second-order valence-corrected chi connectivity index (χ2v) is 9.33. The average molecular weight is 439 g/mol. The molecule has 2 aliphatic heterocycles. The minimum absolute atomic E-state index is 0.00141. The van der Waals surface area contributed by atoms with Crippen molar-refractivity contribution in [1.29, 1.82) is 0 Å². The summed E-state index contributed by atoms with van der Waals surface area (Å²) in [6.45, 7) is 1.47. The standard InChI is InChI=1S/C24H26N2O4S/c27-23(14-31-20-6-4-16-2-1-3-18(16)12-20)26-10-8-17(9-11-26)24(28)25-19-5-7-21-22(13-19)30-15-29-21/h4-7,12-13,17H,1-3,8-11,14-15H2,(H,25,28).